The number of aromatic nitrogens is 1. The lowest BCUT2D eigenvalue weighted by Crippen LogP contribution is -2.14. The third kappa shape index (κ3) is 4.66. The van der Waals surface area contributed by atoms with Crippen molar-refractivity contribution in [3.8, 4) is 0 Å². The molecule has 0 aliphatic heterocycles. The molecule has 0 aliphatic carbocycles. The first-order chi connectivity index (χ1) is 13.6. The molecule has 0 atom stereocenters. The summed E-state index contributed by atoms with van der Waals surface area (Å²) in [5, 5.41) is 6.29. The highest BCUT2D eigenvalue weighted by atomic mass is 35.5. The number of benzene rings is 2. The smallest absolute Gasteiger partial charge is 0.340 e. The number of hydrogen-bond donors (Lipinski definition) is 2. The molecule has 0 aliphatic rings. The Morgan fingerprint density at radius 3 is 2.39 bits per heavy atom. The van der Waals surface area contributed by atoms with Gasteiger partial charge in [0.1, 0.15) is 5.69 Å². The summed E-state index contributed by atoms with van der Waals surface area (Å²) < 4.78 is 5.06. The summed E-state index contributed by atoms with van der Waals surface area (Å²) in [5.41, 5.74) is 2.40. The first-order valence-electron chi connectivity index (χ1n) is 8.63. The molecule has 0 bridgehead atoms. The van der Waals surface area contributed by atoms with Gasteiger partial charge in [-0.05, 0) is 43.3 Å². The van der Waals surface area contributed by atoms with E-state index in [1.54, 1.807) is 61.5 Å². The van der Waals surface area contributed by atoms with Crippen molar-refractivity contribution in [2.24, 2.45) is 0 Å². The Morgan fingerprint density at radius 2 is 1.71 bits per heavy atom. The predicted molar refractivity (Wildman–Crippen MR) is 109 cm³/mol. The van der Waals surface area contributed by atoms with Gasteiger partial charge in [0.05, 0.1) is 40.5 Å². The number of anilines is 3. The quantitative estimate of drug-likeness (QED) is 0.580. The first-order valence-corrected chi connectivity index (χ1v) is 9.01. The van der Waals surface area contributed by atoms with E-state index in [0.717, 1.165) is 0 Å². The Balaban J connectivity index is 1.73. The molecule has 1 aromatic heterocycles. The van der Waals surface area contributed by atoms with Gasteiger partial charge in [-0.15, -0.1) is 0 Å². The van der Waals surface area contributed by atoms with E-state index in [0.29, 0.717) is 34.3 Å². The van der Waals surface area contributed by atoms with Crippen LogP contribution in [-0.4, -0.2) is 23.5 Å². The van der Waals surface area contributed by atoms with Crippen molar-refractivity contribution in [2.75, 3.05) is 17.2 Å². The van der Waals surface area contributed by atoms with E-state index in [9.17, 15) is 9.59 Å². The summed E-state index contributed by atoms with van der Waals surface area (Å²) in [6, 6.07) is 17.3. The SMILES string of the molecule is CCOC(=O)c1ccccc1Nc1ccc(C(=O)Nc2ccccc2Cl)nc1. The number of para-hydroxylation sites is 2. The minimum absolute atomic E-state index is 0.240. The molecule has 0 radical (unpaired) electrons. The third-order valence-corrected chi connectivity index (χ3v) is 4.15. The molecule has 2 N–H and O–H groups in total. The highest BCUT2D eigenvalue weighted by molar-refractivity contribution is 6.33. The van der Waals surface area contributed by atoms with E-state index in [-0.39, 0.29) is 11.6 Å². The van der Waals surface area contributed by atoms with Crippen molar-refractivity contribution in [2.45, 2.75) is 6.92 Å². The zero-order valence-electron chi connectivity index (χ0n) is 15.1. The molecule has 0 unspecified atom stereocenters. The number of nitrogens with zero attached hydrogens (tertiary/aromatic N) is 1. The van der Waals surface area contributed by atoms with E-state index in [2.05, 4.69) is 15.6 Å². The van der Waals surface area contributed by atoms with Crippen LogP contribution in [0.5, 0.6) is 0 Å². The van der Waals surface area contributed by atoms with Crippen molar-refractivity contribution in [1.82, 2.24) is 4.98 Å². The van der Waals surface area contributed by atoms with Gasteiger partial charge in [-0.25, -0.2) is 9.78 Å². The molecule has 0 spiro atoms. The van der Waals surface area contributed by atoms with Crippen LogP contribution in [0.25, 0.3) is 0 Å². The zero-order chi connectivity index (χ0) is 19.9. The monoisotopic (exact) mass is 395 g/mol. The molecule has 1 amide bonds. The Labute approximate surface area is 167 Å². The van der Waals surface area contributed by atoms with Crippen LogP contribution in [0.2, 0.25) is 5.02 Å². The van der Waals surface area contributed by atoms with Crippen LogP contribution in [0.3, 0.4) is 0 Å². The predicted octanol–water partition coefficient (Wildman–Crippen LogP) is 4.91. The van der Waals surface area contributed by atoms with E-state index >= 15 is 0 Å². The van der Waals surface area contributed by atoms with Crippen LogP contribution >= 0.6 is 11.6 Å². The number of pyridine rings is 1. The summed E-state index contributed by atoms with van der Waals surface area (Å²) in [7, 11) is 0. The number of nitrogens with one attached hydrogen (secondary N) is 2. The topological polar surface area (TPSA) is 80.3 Å². The molecule has 1 heterocycles. The summed E-state index contributed by atoms with van der Waals surface area (Å²) in [5.74, 6) is -0.777. The van der Waals surface area contributed by atoms with Crippen molar-refractivity contribution in [1.29, 1.82) is 0 Å². The number of rotatable bonds is 6. The van der Waals surface area contributed by atoms with Crippen LogP contribution < -0.4 is 10.6 Å². The Morgan fingerprint density at radius 1 is 1.00 bits per heavy atom. The second kappa shape index (κ2) is 9.01. The van der Waals surface area contributed by atoms with Gasteiger partial charge in [-0.2, -0.15) is 0 Å². The van der Waals surface area contributed by atoms with Gasteiger partial charge in [-0.1, -0.05) is 35.9 Å². The lowest BCUT2D eigenvalue weighted by molar-refractivity contribution is 0.0527. The fourth-order valence-electron chi connectivity index (χ4n) is 2.49. The molecule has 0 fully saturated rings. The van der Waals surface area contributed by atoms with Gasteiger partial charge < -0.3 is 15.4 Å². The van der Waals surface area contributed by atoms with Crippen LogP contribution in [0.15, 0.2) is 66.9 Å². The summed E-state index contributed by atoms with van der Waals surface area (Å²) in [6.45, 7) is 2.05. The minimum atomic E-state index is -0.408. The fourth-order valence-corrected chi connectivity index (χ4v) is 2.67. The van der Waals surface area contributed by atoms with Crippen molar-refractivity contribution < 1.29 is 14.3 Å². The van der Waals surface area contributed by atoms with Crippen LogP contribution in [0, 0.1) is 0 Å². The Bertz CT molecular complexity index is 990. The maximum absolute atomic E-state index is 12.3. The Kier molecular flexibility index (Phi) is 6.24. The number of amides is 1. The summed E-state index contributed by atoms with van der Waals surface area (Å²) in [6.07, 6.45) is 1.52. The number of hydrogen-bond acceptors (Lipinski definition) is 5. The largest absolute Gasteiger partial charge is 0.462 e. The molecule has 2 aromatic carbocycles. The van der Waals surface area contributed by atoms with E-state index in [1.165, 1.54) is 6.20 Å². The maximum Gasteiger partial charge on any atom is 0.340 e. The molecule has 3 rings (SSSR count). The van der Waals surface area contributed by atoms with Crippen LogP contribution in [0.4, 0.5) is 17.1 Å². The van der Waals surface area contributed by atoms with Crippen LogP contribution in [0.1, 0.15) is 27.8 Å². The van der Waals surface area contributed by atoms with E-state index in [4.69, 9.17) is 16.3 Å². The highest BCUT2D eigenvalue weighted by Gasteiger charge is 2.13. The normalized spacial score (nSPS) is 10.2. The van der Waals surface area contributed by atoms with Gasteiger partial charge in [-0.3, -0.25) is 4.79 Å². The van der Waals surface area contributed by atoms with Gasteiger partial charge in [0, 0.05) is 0 Å². The first kappa shape index (κ1) is 19.4. The van der Waals surface area contributed by atoms with Crippen molar-refractivity contribution in [3.63, 3.8) is 0 Å². The third-order valence-electron chi connectivity index (χ3n) is 3.82. The molecule has 142 valence electrons. The second-order valence-electron chi connectivity index (χ2n) is 5.76. The van der Waals surface area contributed by atoms with Gasteiger partial charge in [0.25, 0.3) is 5.91 Å². The average molecular weight is 396 g/mol. The number of carbonyl (C=O) groups is 2. The lowest BCUT2D eigenvalue weighted by atomic mass is 10.1. The Hall–Kier alpha value is -3.38. The molecular formula is C21H18ClN3O3. The number of carbonyl (C=O) groups excluding carboxylic acids is 2. The number of halogens is 1. The molecule has 3 aromatic rings. The molecule has 7 heteroatoms. The maximum atomic E-state index is 12.3. The molecular weight excluding hydrogens is 378 g/mol. The minimum Gasteiger partial charge on any atom is -0.462 e. The lowest BCUT2D eigenvalue weighted by Gasteiger charge is -2.11. The van der Waals surface area contributed by atoms with Gasteiger partial charge in [0.15, 0.2) is 0 Å². The van der Waals surface area contributed by atoms with Crippen molar-refractivity contribution >= 4 is 40.5 Å². The van der Waals surface area contributed by atoms with Gasteiger partial charge in [0.2, 0.25) is 0 Å². The molecule has 6 nitrogen and oxygen atoms in total. The summed E-state index contributed by atoms with van der Waals surface area (Å²) in [4.78, 5) is 28.6. The molecule has 0 saturated carbocycles. The van der Waals surface area contributed by atoms with Crippen molar-refractivity contribution in [3.05, 3.63) is 83.1 Å². The van der Waals surface area contributed by atoms with E-state index in [1.807, 2.05) is 6.07 Å². The van der Waals surface area contributed by atoms with Crippen LogP contribution in [-0.2, 0) is 4.74 Å². The highest BCUT2D eigenvalue weighted by Crippen LogP contribution is 2.23. The fraction of sp³-hybridized carbons (Fsp3) is 0.0952. The number of esters is 1. The number of ether oxygens (including phenoxy) is 1. The standard InChI is InChI=1S/C21H18ClN3O3/c1-2-28-21(27)15-7-3-5-9-17(15)24-14-11-12-19(23-13-14)20(26)25-18-10-6-4-8-16(18)22/h3-13,24H,2H2,1H3,(H,25,26). The average Bonchev–Trinajstić information content (AvgIpc) is 2.71. The molecule has 28 heavy (non-hydrogen) atoms. The van der Waals surface area contributed by atoms with Gasteiger partial charge >= 0.3 is 5.97 Å². The summed E-state index contributed by atoms with van der Waals surface area (Å²) >= 11 is 6.05. The second-order valence-corrected chi connectivity index (χ2v) is 6.16. The van der Waals surface area contributed by atoms with E-state index < -0.39 is 5.97 Å². The molecule has 0 saturated heterocycles. The zero-order valence-corrected chi connectivity index (χ0v) is 15.9.